The summed E-state index contributed by atoms with van der Waals surface area (Å²) in [5.41, 5.74) is 6.66. The van der Waals surface area contributed by atoms with Crippen molar-refractivity contribution in [2.24, 2.45) is 5.92 Å². The van der Waals surface area contributed by atoms with Crippen molar-refractivity contribution >= 4 is 0 Å². The maximum Gasteiger partial charge on any atom is 0.0546 e. The van der Waals surface area contributed by atoms with Gasteiger partial charge in [0.1, 0.15) is 0 Å². The van der Waals surface area contributed by atoms with Gasteiger partial charge < -0.3 is 5.11 Å². The van der Waals surface area contributed by atoms with Crippen molar-refractivity contribution in [1.29, 1.82) is 0 Å². The Morgan fingerprint density at radius 2 is 2.15 bits per heavy atom. The van der Waals surface area contributed by atoms with E-state index in [9.17, 15) is 5.11 Å². The molecule has 1 rings (SSSR count). The van der Waals surface area contributed by atoms with Crippen LogP contribution < -0.4 is 0 Å². The summed E-state index contributed by atoms with van der Waals surface area (Å²) in [5, 5.41) is 9.48. The molecule has 2 atom stereocenters. The Morgan fingerprint density at radius 1 is 1.38 bits per heavy atom. The van der Waals surface area contributed by atoms with E-state index in [0.717, 1.165) is 31.3 Å². The van der Waals surface area contributed by atoms with Crippen molar-refractivity contribution in [2.75, 3.05) is 0 Å². The van der Waals surface area contributed by atoms with Gasteiger partial charge in [0.15, 0.2) is 0 Å². The first-order valence-corrected chi connectivity index (χ1v) is 4.71. The van der Waals surface area contributed by atoms with Gasteiger partial charge in [-0.05, 0) is 31.3 Å². The number of aliphatic hydroxyl groups is 1. The fraction of sp³-hybridized carbons (Fsp3) is 0.500. The lowest BCUT2D eigenvalue weighted by Crippen LogP contribution is -2.20. The monoisotopic (exact) mass is 176 g/mol. The van der Waals surface area contributed by atoms with Gasteiger partial charge in [-0.25, -0.2) is 0 Å². The average molecular weight is 176 g/mol. The largest absolute Gasteiger partial charge is 0.393 e. The van der Waals surface area contributed by atoms with E-state index in [0.29, 0.717) is 5.92 Å². The molecule has 1 aliphatic carbocycles. The Balaban J connectivity index is 2.69. The van der Waals surface area contributed by atoms with E-state index in [-0.39, 0.29) is 6.10 Å². The highest BCUT2D eigenvalue weighted by Gasteiger charge is 2.21. The van der Waals surface area contributed by atoms with E-state index in [2.05, 4.69) is 24.6 Å². The Labute approximate surface area is 79.8 Å². The minimum absolute atomic E-state index is 0.152. The van der Waals surface area contributed by atoms with Crippen molar-refractivity contribution in [2.45, 2.75) is 31.8 Å². The second-order valence-electron chi connectivity index (χ2n) is 3.50. The van der Waals surface area contributed by atoms with Crippen LogP contribution in [0.15, 0.2) is 36.3 Å². The number of allylic oxidation sites excluding steroid dienone is 2. The normalized spacial score (nSPS) is 27.2. The minimum Gasteiger partial charge on any atom is -0.393 e. The van der Waals surface area contributed by atoms with Crippen molar-refractivity contribution in [3.05, 3.63) is 36.3 Å². The second kappa shape index (κ2) is 4.89. The fourth-order valence-corrected chi connectivity index (χ4v) is 1.87. The van der Waals surface area contributed by atoms with E-state index in [1.807, 2.05) is 6.08 Å². The molecule has 2 unspecified atom stereocenters. The highest BCUT2D eigenvalue weighted by Crippen LogP contribution is 2.29. The van der Waals surface area contributed by atoms with Crippen molar-refractivity contribution in [3.63, 3.8) is 0 Å². The summed E-state index contributed by atoms with van der Waals surface area (Å²) in [6.45, 7) is 7.17. The molecule has 0 saturated heterocycles. The summed E-state index contributed by atoms with van der Waals surface area (Å²) in [6.07, 6.45) is 5.62. The second-order valence-corrected chi connectivity index (χ2v) is 3.50. The Morgan fingerprint density at radius 3 is 2.69 bits per heavy atom. The number of hydrogen-bond donors (Lipinski definition) is 1. The minimum atomic E-state index is -0.152. The molecule has 0 amide bonds. The molecule has 0 aromatic rings. The molecule has 70 valence electrons. The predicted octanol–water partition coefficient (Wildman–Crippen LogP) is 2.59. The summed E-state index contributed by atoms with van der Waals surface area (Å²) in [4.78, 5) is 0. The van der Waals surface area contributed by atoms with Crippen molar-refractivity contribution in [3.8, 4) is 0 Å². The van der Waals surface area contributed by atoms with Crippen LogP contribution in [0.2, 0.25) is 0 Å². The zero-order valence-electron chi connectivity index (χ0n) is 7.92. The Bertz CT molecular complexity index is 265. The summed E-state index contributed by atoms with van der Waals surface area (Å²) >= 11 is 0. The van der Waals surface area contributed by atoms with Crippen LogP contribution in [-0.2, 0) is 0 Å². The molecule has 1 aliphatic rings. The molecule has 0 bridgehead atoms. The smallest absolute Gasteiger partial charge is 0.0546 e. The van der Waals surface area contributed by atoms with Gasteiger partial charge in [-0.1, -0.05) is 19.6 Å². The van der Waals surface area contributed by atoms with Crippen LogP contribution in [0, 0.1) is 5.92 Å². The van der Waals surface area contributed by atoms with Crippen LogP contribution >= 0.6 is 0 Å². The average Bonchev–Trinajstić information content (AvgIpc) is 2.14. The summed E-state index contributed by atoms with van der Waals surface area (Å²) < 4.78 is 0. The highest BCUT2D eigenvalue weighted by molar-refractivity contribution is 5.20. The quantitative estimate of drug-likeness (QED) is 0.506. The summed E-state index contributed by atoms with van der Waals surface area (Å²) in [5.74, 6) is 0.399. The third-order valence-corrected chi connectivity index (χ3v) is 2.55. The Kier molecular flexibility index (Phi) is 3.79. The maximum atomic E-state index is 9.48. The first kappa shape index (κ1) is 10.1. The summed E-state index contributed by atoms with van der Waals surface area (Å²) in [7, 11) is 0. The summed E-state index contributed by atoms with van der Waals surface area (Å²) in [6, 6.07) is 0. The van der Waals surface area contributed by atoms with Crippen LogP contribution in [0.25, 0.3) is 0 Å². The molecule has 1 N–H and O–H groups in total. The molecule has 1 heteroatoms. The van der Waals surface area contributed by atoms with Crippen LogP contribution in [0.3, 0.4) is 0 Å². The highest BCUT2D eigenvalue weighted by atomic mass is 16.3. The van der Waals surface area contributed by atoms with Gasteiger partial charge in [0, 0.05) is 5.57 Å². The van der Waals surface area contributed by atoms with Gasteiger partial charge in [-0.3, -0.25) is 0 Å². The molecule has 13 heavy (non-hydrogen) atoms. The van der Waals surface area contributed by atoms with Gasteiger partial charge in [0.05, 0.1) is 6.10 Å². The molecule has 0 aromatic carbocycles. The first-order chi connectivity index (χ1) is 6.27. The molecule has 0 heterocycles. The van der Waals surface area contributed by atoms with Gasteiger partial charge >= 0.3 is 0 Å². The van der Waals surface area contributed by atoms with Crippen LogP contribution in [0.1, 0.15) is 25.7 Å². The molecule has 0 aliphatic heterocycles. The van der Waals surface area contributed by atoms with E-state index >= 15 is 0 Å². The fourth-order valence-electron chi connectivity index (χ4n) is 1.87. The molecule has 1 nitrogen and oxygen atoms in total. The van der Waals surface area contributed by atoms with Crippen LogP contribution in [0.4, 0.5) is 0 Å². The van der Waals surface area contributed by atoms with Gasteiger partial charge in [-0.15, -0.1) is 11.5 Å². The Hall–Kier alpha value is -1.00. The lowest BCUT2D eigenvalue weighted by molar-refractivity contribution is 0.111. The van der Waals surface area contributed by atoms with E-state index in [1.165, 1.54) is 0 Å². The van der Waals surface area contributed by atoms with E-state index in [1.54, 1.807) is 0 Å². The maximum absolute atomic E-state index is 9.48. The van der Waals surface area contributed by atoms with E-state index in [4.69, 9.17) is 0 Å². The van der Waals surface area contributed by atoms with Crippen molar-refractivity contribution < 1.29 is 5.11 Å². The number of rotatable bonds is 2. The topological polar surface area (TPSA) is 20.2 Å². The van der Waals surface area contributed by atoms with Crippen molar-refractivity contribution in [1.82, 2.24) is 0 Å². The standard InChI is InChI=1S/C12H16O/c1-3-6-10(4-2)11-7-5-8-12(13)9-11/h6,11-13H,1-2,5,7-9H2. The third kappa shape index (κ3) is 2.75. The molecule has 0 spiro atoms. The van der Waals surface area contributed by atoms with Gasteiger partial charge in [-0.2, -0.15) is 0 Å². The lowest BCUT2D eigenvalue weighted by atomic mass is 9.82. The van der Waals surface area contributed by atoms with Crippen LogP contribution in [-0.4, -0.2) is 11.2 Å². The third-order valence-electron chi connectivity index (χ3n) is 2.55. The number of hydrogen-bond acceptors (Lipinski definition) is 1. The van der Waals surface area contributed by atoms with Gasteiger partial charge in [0.2, 0.25) is 0 Å². The first-order valence-electron chi connectivity index (χ1n) is 4.71. The zero-order chi connectivity index (χ0) is 9.68. The molecular weight excluding hydrogens is 160 g/mol. The lowest BCUT2D eigenvalue weighted by Gasteiger charge is -2.25. The molecule has 0 radical (unpaired) electrons. The van der Waals surface area contributed by atoms with Gasteiger partial charge in [0.25, 0.3) is 0 Å². The zero-order valence-corrected chi connectivity index (χ0v) is 7.92. The van der Waals surface area contributed by atoms with Crippen LogP contribution in [0.5, 0.6) is 0 Å². The molecular formula is C12H16O. The van der Waals surface area contributed by atoms with E-state index < -0.39 is 0 Å². The predicted molar refractivity (Wildman–Crippen MR) is 54.3 cm³/mol. The SMILES string of the molecule is C=C=CC(=C=C)C1CCCC(O)C1. The molecule has 1 fully saturated rings. The number of aliphatic hydroxyl groups excluding tert-OH is 1. The molecule has 1 saturated carbocycles. The molecule has 0 aromatic heterocycles.